The van der Waals surface area contributed by atoms with E-state index in [2.05, 4.69) is 22.3 Å². The summed E-state index contributed by atoms with van der Waals surface area (Å²) >= 11 is 0. The number of ether oxygens (including phenoxy) is 1. The molecule has 4 aromatic carbocycles. The largest absolute Gasteiger partial charge is 0.497 e. The zero-order valence-corrected chi connectivity index (χ0v) is 23.3. The summed E-state index contributed by atoms with van der Waals surface area (Å²) in [6.07, 6.45) is 2.43. The molecule has 206 valence electrons. The van der Waals surface area contributed by atoms with Crippen molar-refractivity contribution in [1.82, 2.24) is 5.32 Å². The van der Waals surface area contributed by atoms with Crippen molar-refractivity contribution in [2.75, 3.05) is 29.4 Å². The number of hydrogen-bond acceptors (Lipinski definition) is 5. The lowest BCUT2D eigenvalue weighted by atomic mass is 10.1. The van der Waals surface area contributed by atoms with E-state index in [1.54, 1.807) is 36.4 Å². The van der Waals surface area contributed by atoms with Gasteiger partial charge in [-0.15, -0.1) is 0 Å². The molecule has 1 heterocycles. The highest BCUT2D eigenvalue weighted by Gasteiger charge is 2.28. The number of sulfonamides is 1. The Labute approximate surface area is 236 Å². The van der Waals surface area contributed by atoms with Crippen LogP contribution >= 0.6 is 0 Å². The second-order valence-electron chi connectivity index (χ2n) is 9.73. The average Bonchev–Trinajstić information content (AvgIpc) is 3.55. The minimum Gasteiger partial charge on any atom is -0.497 e. The SMILES string of the molecule is COc1ccc(S(=O)(=O)N(Cc2ccccc2)c2ccccc2C(=O)NCc2ccc(N3CCCC3)cc2)cc1. The lowest BCUT2D eigenvalue weighted by molar-refractivity contribution is 0.0951. The summed E-state index contributed by atoms with van der Waals surface area (Å²) in [6, 6.07) is 30.6. The smallest absolute Gasteiger partial charge is 0.264 e. The molecule has 1 fully saturated rings. The van der Waals surface area contributed by atoms with Crippen molar-refractivity contribution in [3.05, 3.63) is 120 Å². The predicted molar refractivity (Wildman–Crippen MR) is 158 cm³/mol. The first-order valence-electron chi connectivity index (χ1n) is 13.4. The van der Waals surface area contributed by atoms with E-state index in [1.165, 1.54) is 42.1 Å². The molecule has 1 aliphatic heterocycles. The summed E-state index contributed by atoms with van der Waals surface area (Å²) in [6.45, 7) is 2.55. The molecule has 0 bridgehead atoms. The summed E-state index contributed by atoms with van der Waals surface area (Å²) in [5, 5.41) is 2.98. The third kappa shape index (κ3) is 6.13. The van der Waals surface area contributed by atoms with Crippen LogP contribution in [-0.4, -0.2) is 34.5 Å². The highest BCUT2D eigenvalue weighted by molar-refractivity contribution is 7.92. The number of carbonyl (C=O) groups is 1. The van der Waals surface area contributed by atoms with Gasteiger partial charge in [0.1, 0.15) is 5.75 Å². The molecule has 1 amide bonds. The zero-order valence-electron chi connectivity index (χ0n) is 22.5. The fourth-order valence-corrected chi connectivity index (χ4v) is 6.36. The van der Waals surface area contributed by atoms with E-state index in [-0.39, 0.29) is 22.9 Å². The zero-order chi connectivity index (χ0) is 28.0. The Morgan fingerprint density at radius 1 is 0.825 bits per heavy atom. The number of nitrogens with one attached hydrogen (secondary N) is 1. The molecule has 7 nitrogen and oxygen atoms in total. The van der Waals surface area contributed by atoms with Gasteiger partial charge in [0.2, 0.25) is 0 Å². The van der Waals surface area contributed by atoms with Crippen LogP contribution in [0.5, 0.6) is 5.75 Å². The van der Waals surface area contributed by atoms with Gasteiger partial charge in [-0.1, -0.05) is 54.6 Å². The monoisotopic (exact) mass is 555 g/mol. The van der Waals surface area contributed by atoms with E-state index in [0.29, 0.717) is 18.0 Å². The fourth-order valence-electron chi connectivity index (χ4n) is 4.88. The number of amides is 1. The van der Waals surface area contributed by atoms with Crippen LogP contribution in [0.1, 0.15) is 34.3 Å². The van der Waals surface area contributed by atoms with Gasteiger partial charge in [0.15, 0.2) is 0 Å². The summed E-state index contributed by atoms with van der Waals surface area (Å²) < 4.78 is 34.5. The van der Waals surface area contributed by atoms with Gasteiger partial charge in [-0.2, -0.15) is 0 Å². The Hall–Kier alpha value is -4.30. The minimum atomic E-state index is -4.02. The number of hydrogen-bond donors (Lipinski definition) is 1. The van der Waals surface area contributed by atoms with Crippen LogP contribution in [0.2, 0.25) is 0 Å². The summed E-state index contributed by atoms with van der Waals surface area (Å²) in [4.78, 5) is 15.9. The molecule has 40 heavy (non-hydrogen) atoms. The molecule has 0 aromatic heterocycles. The topological polar surface area (TPSA) is 79.0 Å². The number of para-hydroxylation sites is 1. The second kappa shape index (κ2) is 12.3. The van der Waals surface area contributed by atoms with Crippen LogP contribution < -0.4 is 19.3 Å². The lowest BCUT2D eigenvalue weighted by Gasteiger charge is -2.27. The van der Waals surface area contributed by atoms with Crippen molar-refractivity contribution in [3.63, 3.8) is 0 Å². The van der Waals surface area contributed by atoms with Crippen LogP contribution in [0.3, 0.4) is 0 Å². The molecule has 1 aliphatic rings. The maximum atomic E-state index is 14.0. The van der Waals surface area contributed by atoms with Crippen molar-refractivity contribution in [1.29, 1.82) is 0 Å². The first kappa shape index (κ1) is 27.3. The van der Waals surface area contributed by atoms with Crippen LogP contribution in [0.25, 0.3) is 0 Å². The summed E-state index contributed by atoms with van der Waals surface area (Å²) in [5.74, 6) is 0.212. The number of nitrogens with zero attached hydrogens (tertiary/aromatic N) is 2. The molecule has 0 radical (unpaired) electrons. The van der Waals surface area contributed by atoms with Gasteiger partial charge < -0.3 is 15.0 Å². The van der Waals surface area contributed by atoms with E-state index in [0.717, 1.165) is 24.2 Å². The molecule has 0 saturated carbocycles. The van der Waals surface area contributed by atoms with Crippen molar-refractivity contribution < 1.29 is 17.9 Å². The molecule has 1 saturated heterocycles. The molecular weight excluding hydrogens is 522 g/mol. The summed E-state index contributed by atoms with van der Waals surface area (Å²) in [5.41, 5.74) is 3.56. The first-order valence-corrected chi connectivity index (χ1v) is 14.8. The van der Waals surface area contributed by atoms with E-state index in [1.807, 2.05) is 42.5 Å². The molecule has 5 rings (SSSR count). The van der Waals surface area contributed by atoms with E-state index < -0.39 is 10.0 Å². The molecule has 1 N–H and O–H groups in total. The Kier molecular flexibility index (Phi) is 8.36. The Bertz CT molecular complexity index is 1530. The lowest BCUT2D eigenvalue weighted by Crippen LogP contribution is -2.33. The first-order chi connectivity index (χ1) is 19.5. The predicted octanol–water partition coefficient (Wildman–Crippen LogP) is 5.62. The number of rotatable bonds is 10. The number of anilines is 2. The van der Waals surface area contributed by atoms with Gasteiger partial charge in [-0.05, 0) is 72.5 Å². The van der Waals surface area contributed by atoms with Crippen molar-refractivity contribution in [2.24, 2.45) is 0 Å². The van der Waals surface area contributed by atoms with Gasteiger partial charge >= 0.3 is 0 Å². The van der Waals surface area contributed by atoms with Crippen molar-refractivity contribution in [3.8, 4) is 5.75 Å². The Morgan fingerprint density at radius 2 is 1.48 bits per heavy atom. The standard InChI is InChI=1S/C32H33N3O4S/c1-39-28-17-19-29(20-18-28)40(37,38)35(24-26-9-3-2-4-10-26)31-12-6-5-11-30(31)32(36)33-23-25-13-15-27(16-14-25)34-21-7-8-22-34/h2-6,9-20H,7-8,21-24H2,1H3,(H,33,36). The van der Waals surface area contributed by atoms with Crippen molar-refractivity contribution in [2.45, 2.75) is 30.8 Å². The number of methoxy groups -OCH3 is 1. The Balaban J connectivity index is 1.41. The highest BCUT2D eigenvalue weighted by atomic mass is 32.2. The van der Waals surface area contributed by atoms with Crippen molar-refractivity contribution >= 4 is 27.3 Å². The van der Waals surface area contributed by atoms with Gasteiger partial charge in [-0.25, -0.2) is 8.42 Å². The molecule has 0 spiro atoms. The maximum Gasteiger partial charge on any atom is 0.264 e. The number of benzene rings is 4. The molecular formula is C32H33N3O4S. The van der Waals surface area contributed by atoms with Gasteiger partial charge in [0.25, 0.3) is 15.9 Å². The van der Waals surface area contributed by atoms with Gasteiger partial charge in [-0.3, -0.25) is 9.10 Å². The molecule has 4 aromatic rings. The number of carbonyl (C=O) groups excluding carboxylic acids is 1. The minimum absolute atomic E-state index is 0.0669. The van der Waals surface area contributed by atoms with Crippen LogP contribution in [0.4, 0.5) is 11.4 Å². The summed E-state index contributed by atoms with van der Waals surface area (Å²) in [7, 11) is -2.49. The second-order valence-corrected chi connectivity index (χ2v) is 11.6. The Morgan fingerprint density at radius 3 is 2.15 bits per heavy atom. The van der Waals surface area contributed by atoms with Crippen LogP contribution in [0, 0.1) is 0 Å². The third-order valence-corrected chi connectivity index (χ3v) is 8.87. The van der Waals surface area contributed by atoms with E-state index in [9.17, 15) is 13.2 Å². The third-order valence-electron chi connectivity index (χ3n) is 7.09. The fraction of sp³-hybridized carbons (Fsp3) is 0.219. The molecule has 8 heteroatoms. The normalized spacial score (nSPS) is 13.2. The van der Waals surface area contributed by atoms with Gasteiger partial charge in [0, 0.05) is 25.3 Å². The highest BCUT2D eigenvalue weighted by Crippen LogP contribution is 2.30. The van der Waals surface area contributed by atoms with E-state index in [4.69, 9.17) is 4.74 Å². The maximum absolute atomic E-state index is 14.0. The average molecular weight is 556 g/mol. The molecule has 0 aliphatic carbocycles. The molecule has 0 unspecified atom stereocenters. The molecule has 0 atom stereocenters. The quantitative estimate of drug-likeness (QED) is 0.275. The van der Waals surface area contributed by atoms with Gasteiger partial charge in [0.05, 0.1) is 29.8 Å². The van der Waals surface area contributed by atoms with Crippen LogP contribution in [-0.2, 0) is 23.1 Å². The van der Waals surface area contributed by atoms with E-state index >= 15 is 0 Å². The van der Waals surface area contributed by atoms with Crippen LogP contribution in [0.15, 0.2) is 108 Å².